The molecule has 0 amide bonds. The van der Waals surface area contributed by atoms with Crippen molar-refractivity contribution >= 4 is 17.7 Å². The Balaban J connectivity index is 1.53. The number of hydrogen-bond acceptors (Lipinski definition) is 6. The van der Waals surface area contributed by atoms with Gasteiger partial charge in [0.2, 0.25) is 5.95 Å². The lowest BCUT2D eigenvalue weighted by Gasteiger charge is -2.19. The minimum atomic E-state index is -1.11. The Kier molecular flexibility index (Phi) is 4.10. The fourth-order valence-corrected chi connectivity index (χ4v) is 3.38. The van der Waals surface area contributed by atoms with Crippen molar-refractivity contribution in [1.82, 2.24) is 9.97 Å². The van der Waals surface area contributed by atoms with E-state index in [2.05, 4.69) is 20.2 Å². The van der Waals surface area contributed by atoms with Gasteiger partial charge in [-0.05, 0) is 36.0 Å². The van der Waals surface area contributed by atoms with Gasteiger partial charge >= 0.3 is 5.97 Å². The molecule has 2 aromatic rings. The van der Waals surface area contributed by atoms with Crippen LogP contribution in [0, 0.1) is 17.7 Å². The van der Waals surface area contributed by atoms with Crippen LogP contribution in [0.4, 0.5) is 16.2 Å². The number of nitrogens with zero attached hydrogens (tertiary/aromatic N) is 3. The van der Waals surface area contributed by atoms with E-state index >= 15 is 0 Å². The highest BCUT2D eigenvalue weighted by Gasteiger charge is 2.45. The molecule has 1 saturated carbocycles. The van der Waals surface area contributed by atoms with E-state index in [-0.39, 0.29) is 23.7 Å². The number of carboxylic acids is 1. The molecule has 0 spiro atoms. The number of aromatic carboxylic acids is 1. The lowest BCUT2D eigenvalue weighted by molar-refractivity contribution is 0.0697. The molecule has 2 aliphatic rings. The van der Waals surface area contributed by atoms with Gasteiger partial charge in [0, 0.05) is 25.8 Å². The molecule has 2 unspecified atom stereocenters. The lowest BCUT2D eigenvalue weighted by atomic mass is 10.2. The van der Waals surface area contributed by atoms with Gasteiger partial charge in [0.1, 0.15) is 11.4 Å². The maximum atomic E-state index is 13.8. The number of nitrogens with one attached hydrogen (secondary N) is 1. The van der Waals surface area contributed by atoms with Crippen LogP contribution >= 0.6 is 0 Å². The van der Waals surface area contributed by atoms with Gasteiger partial charge in [-0.15, -0.1) is 0 Å². The fourth-order valence-electron chi connectivity index (χ4n) is 3.38. The number of aromatic nitrogens is 2. The van der Waals surface area contributed by atoms with Gasteiger partial charge in [0.15, 0.2) is 11.6 Å². The summed E-state index contributed by atoms with van der Waals surface area (Å²) >= 11 is 0. The second-order valence-corrected chi connectivity index (χ2v) is 6.72. The number of ether oxygens (including phenoxy) is 1. The van der Waals surface area contributed by atoms with Crippen molar-refractivity contribution in [1.29, 1.82) is 0 Å². The molecule has 136 valence electrons. The van der Waals surface area contributed by atoms with Crippen LogP contribution in [0.25, 0.3) is 0 Å². The largest absolute Gasteiger partial charge is 0.494 e. The summed E-state index contributed by atoms with van der Waals surface area (Å²) in [5.74, 6) is 0.795. The molecule has 0 radical (unpaired) electrons. The van der Waals surface area contributed by atoms with Crippen molar-refractivity contribution in [2.24, 2.45) is 11.8 Å². The van der Waals surface area contributed by atoms with Crippen LogP contribution in [0.1, 0.15) is 22.3 Å². The summed E-state index contributed by atoms with van der Waals surface area (Å²) in [5.41, 5.74) is 0.648. The number of benzene rings is 1. The minimum absolute atomic E-state index is 0.00732. The quantitative estimate of drug-likeness (QED) is 0.820. The molecule has 2 fully saturated rings. The summed E-state index contributed by atoms with van der Waals surface area (Å²) in [7, 11) is 1.40. The summed E-state index contributed by atoms with van der Waals surface area (Å²) in [6.45, 7) is 2.07. The molecule has 4 rings (SSSR count). The smallest absolute Gasteiger partial charge is 0.341 e. The van der Waals surface area contributed by atoms with E-state index in [4.69, 9.17) is 4.74 Å². The standard InChI is InChI=1S/C18H19FN4O3/c1-26-15-3-2-10(4-14(15)19)6-20-16-13(17(24)25)7-21-18(22-16)23-8-11-5-12(11)9-23/h2-4,7,11-12H,5-6,8-9H2,1H3,(H,24,25)(H,20,21,22). The van der Waals surface area contributed by atoms with Crippen molar-refractivity contribution in [3.05, 3.63) is 41.3 Å². The Morgan fingerprint density at radius 3 is 2.85 bits per heavy atom. The van der Waals surface area contributed by atoms with Crippen molar-refractivity contribution in [2.75, 3.05) is 30.4 Å². The summed E-state index contributed by atoms with van der Waals surface area (Å²) in [5, 5.41) is 12.4. The molecule has 1 saturated heterocycles. The van der Waals surface area contributed by atoms with Gasteiger partial charge in [-0.2, -0.15) is 4.98 Å². The number of hydrogen-bond donors (Lipinski definition) is 2. The van der Waals surface area contributed by atoms with Gasteiger partial charge in [-0.1, -0.05) is 6.07 Å². The van der Waals surface area contributed by atoms with Crippen molar-refractivity contribution < 1.29 is 19.0 Å². The Bertz CT molecular complexity index is 850. The summed E-state index contributed by atoms with van der Waals surface area (Å²) in [6, 6.07) is 4.60. The first kappa shape index (κ1) is 16.6. The lowest BCUT2D eigenvalue weighted by Crippen LogP contribution is -2.25. The number of piperidine rings is 1. The Hall–Kier alpha value is -2.90. The third-order valence-corrected chi connectivity index (χ3v) is 4.94. The molecular weight excluding hydrogens is 339 g/mol. The third kappa shape index (κ3) is 3.14. The van der Waals surface area contributed by atoms with Crippen LogP contribution < -0.4 is 15.0 Å². The second kappa shape index (κ2) is 6.44. The van der Waals surface area contributed by atoms with E-state index in [1.54, 1.807) is 6.07 Å². The number of carboxylic acid groups (broad SMARTS) is 1. The summed E-state index contributed by atoms with van der Waals surface area (Å²) in [6.07, 6.45) is 2.59. The number of anilines is 2. The molecule has 2 atom stereocenters. The average molecular weight is 358 g/mol. The van der Waals surface area contributed by atoms with Crippen LogP contribution in [-0.2, 0) is 6.54 Å². The minimum Gasteiger partial charge on any atom is -0.494 e. The fraction of sp³-hybridized carbons (Fsp3) is 0.389. The van der Waals surface area contributed by atoms with Crippen LogP contribution in [0.15, 0.2) is 24.4 Å². The number of fused-ring (bicyclic) bond motifs is 1. The Morgan fingerprint density at radius 2 is 2.19 bits per heavy atom. The molecule has 1 aromatic carbocycles. The van der Waals surface area contributed by atoms with E-state index in [1.165, 1.54) is 31.9 Å². The zero-order chi connectivity index (χ0) is 18.3. The molecule has 0 bridgehead atoms. The molecule has 8 heteroatoms. The highest BCUT2D eigenvalue weighted by atomic mass is 19.1. The predicted molar refractivity (Wildman–Crippen MR) is 93.1 cm³/mol. The number of methoxy groups -OCH3 is 1. The molecular formula is C18H19FN4O3. The van der Waals surface area contributed by atoms with Gasteiger partial charge < -0.3 is 20.1 Å². The van der Waals surface area contributed by atoms with E-state index < -0.39 is 11.8 Å². The predicted octanol–water partition coefficient (Wildman–Crippen LogP) is 2.39. The topological polar surface area (TPSA) is 87.6 Å². The van der Waals surface area contributed by atoms with Crippen molar-refractivity contribution in [2.45, 2.75) is 13.0 Å². The highest BCUT2D eigenvalue weighted by Crippen LogP contribution is 2.45. The van der Waals surface area contributed by atoms with E-state index in [1.807, 2.05) is 0 Å². The van der Waals surface area contributed by atoms with Gasteiger partial charge in [0.05, 0.1) is 7.11 Å². The monoisotopic (exact) mass is 358 g/mol. The van der Waals surface area contributed by atoms with Crippen LogP contribution in [0.3, 0.4) is 0 Å². The zero-order valence-electron chi connectivity index (χ0n) is 14.3. The van der Waals surface area contributed by atoms with Gasteiger partial charge in [-0.3, -0.25) is 0 Å². The number of carbonyl (C=O) groups is 1. The first-order chi connectivity index (χ1) is 12.5. The second-order valence-electron chi connectivity index (χ2n) is 6.72. The normalized spacial score (nSPS) is 20.6. The molecule has 2 N–H and O–H groups in total. The number of rotatable bonds is 6. The highest BCUT2D eigenvalue weighted by molar-refractivity contribution is 5.93. The molecule has 2 heterocycles. The van der Waals surface area contributed by atoms with Crippen molar-refractivity contribution in [3.63, 3.8) is 0 Å². The number of halogens is 1. The summed E-state index contributed by atoms with van der Waals surface area (Å²) < 4.78 is 18.7. The van der Waals surface area contributed by atoms with Gasteiger partial charge in [0.25, 0.3) is 0 Å². The molecule has 26 heavy (non-hydrogen) atoms. The Labute approximate surface area is 149 Å². The van der Waals surface area contributed by atoms with E-state index in [0.29, 0.717) is 11.5 Å². The average Bonchev–Trinajstić information content (AvgIpc) is 3.25. The maximum Gasteiger partial charge on any atom is 0.341 e. The van der Waals surface area contributed by atoms with Gasteiger partial charge in [-0.25, -0.2) is 14.2 Å². The molecule has 7 nitrogen and oxygen atoms in total. The first-order valence-electron chi connectivity index (χ1n) is 8.46. The summed E-state index contributed by atoms with van der Waals surface area (Å²) in [4.78, 5) is 22.2. The molecule has 1 aromatic heterocycles. The van der Waals surface area contributed by atoms with Crippen molar-refractivity contribution in [3.8, 4) is 5.75 Å². The zero-order valence-corrected chi connectivity index (χ0v) is 14.3. The van der Waals surface area contributed by atoms with Crippen LogP contribution in [0.2, 0.25) is 0 Å². The molecule has 1 aliphatic heterocycles. The third-order valence-electron chi connectivity index (χ3n) is 4.94. The Morgan fingerprint density at radius 1 is 1.42 bits per heavy atom. The van der Waals surface area contributed by atoms with Crippen LogP contribution in [0.5, 0.6) is 5.75 Å². The van der Waals surface area contributed by atoms with Crippen LogP contribution in [-0.4, -0.2) is 41.2 Å². The first-order valence-corrected chi connectivity index (χ1v) is 8.46. The molecule has 1 aliphatic carbocycles. The van der Waals surface area contributed by atoms with E-state index in [0.717, 1.165) is 24.9 Å². The SMILES string of the molecule is COc1ccc(CNc2nc(N3CC4CC4C3)ncc2C(=O)O)cc1F. The van der Waals surface area contributed by atoms with E-state index in [9.17, 15) is 14.3 Å². The maximum absolute atomic E-state index is 13.8.